The molecule has 6 nitrogen and oxygen atoms in total. The summed E-state index contributed by atoms with van der Waals surface area (Å²) in [5, 5.41) is 10.9. The lowest BCUT2D eigenvalue weighted by Crippen LogP contribution is -2.19. The molecule has 0 bridgehead atoms. The van der Waals surface area contributed by atoms with Crippen LogP contribution in [0.5, 0.6) is 5.75 Å². The van der Waals surface area contributed by atoms with Gasteiger partial charge in [0.1, 0.15) is 12.3 Å². The minimum atomic E-state index is -0.151. The topological polar surface area (TPSA) is 69.0 Å². The van der Waals surface area contributed by atoms with Crippen LogP contribution in [0.2, 0.25) is 0 Å². The number of nitrogens with zero attached hydrogens (tertiary/aromatic N) is 3. The van der Waals surface area contributed by atoms with Gasteiger partial charge in [0, 0.05) is 12.1 Å². The van der Waals surface area contributed by atoms with E-state index < -0.39 is 0 Å². The van der Waals surface area contributed by atoms with E-state index >= 15 is 0 Å². The molecule has 0 radical (unpaired) electrons. The Balaban J connectivity index is 1.63. The monoisotopic (exact) mass is 272 g/mol. The smallest absolute Gasteiger partial charge is 0.246 e. The summed E-state index contributed by atoms with van der Waals surface area (Å²) >= 11 is 0. The summed E-state index contributed by atoms with van der Waals surface area (Å²) in [6.45, 7) is 0.151. The lowest BCUT2D eigenvalue weighted by Gasteiger charge is -2.09. The minimum Gasteiger partial charge on any atom is -0.495 e. The molecule has 1 fully saturated rings. The van der Waals surface area contributed by atoms with Gasteiger partial charge in [-0.1, -0.05) is 17.3 Å². The number of anilines is 1. The third-order valence-corrected chi connectivity index (χ3v) is 3.24. The summed E-state index contributed by atoms with van der Waals surface area (Å²) in [4.78, 5) is 12.0. The maximum atomic E-state index is 12.0. The Bertz CT molecular complexity index is 619. The van der Waals surface area contributed by atoms with Crippen molar-refractivity contribution in [2.75, 3.05) is 12.4 Å². The van der Waals surface area contributed by atoms with Gasteiger partial charge in [-0.15, -0.1) is 5.10 Å². The zero-order valence-electron chi connectivity index (χ0n) is 11.2. The van der Waals surface area contributed by atoms with Crippen LogP contribution in [-0.2, 0) is 11.3 Å². The average molecular weight is 272 g/mol. The van der Waals surface area contributed by atoms with Crippen molar-refractivity contribution < 1.29 is 9.53 Å². The molecular weight excluding hydrogens is 256 g/mol. The number of rotatable bonds is 5. The Kier molecular flexibility index (Phi) is 3.37. The van der Waals surface area contributed by atoms with Gasteiger partial charge in [0.05, 0.1) is 18.5 Å². The second-order valence-corrected chi connectivity index (χ2v) is 4.86. The molecule has 1 amide bonds. The molecule has 0 saturated heterocycles. The van der Waals surface area contributed by atoms with Crippen LogP contribution in [0.25, 0.3) is 0 Å². The van der Waals surface area contributed by atoms with E-state index in [0.717, 1.165) is 5.69 Å². The summed E-state index contributed by atoms with van der Waals surface area (Å²) < 4.78 is 6.76. The molecule has 1 aromatic carbocycles. The normalized spacial score (nSPS) is 14.1. The van der Waals surface area contributed by atoms with E-state index in [1.807, 2.05) is 18.3 Å². The van der Waals surface area contributed by atoms with Crippen LogP contribution in [0, 0.1) is 0 Å². The highest BCUT2D eigenvalue weighted by atomic mass is 16.5. The van der Waals surface area contributed by atoms with Gasteiger partial charge in [-0.25, -0.2) is 4.68 Å². The van der Waals surface area contributed by atoms with Gasteiger partial charge in [-0.2, -0.15) is 0 Å². The Morgan fingerprint density at radius 1 is 1.45 bits per heavy atom. The molecule has 1 aromatic heterocycles. The molecule has 20 heavy (non-hydrogen) atoms. The Hall–Kier alpha value is -2.37. The summed E-state index contributed by atoms with van der Waals surface area (Å²) in [5.74, 6) is 1.03. The second kappa shape index (κ2) is 5.32. The number of benzene rings is 1. The number of nitrogens with one attached hydrogen (secondary N) is 1. The zero-order valence-corrected chi connectivity index (χ0v) is 11.2. The highest BCUT2D eigenvalue weighted by Gasteiger charge is 2.26. The highest BCUT2D eigenvalue weighted by molar-refractivity contribution is 5.92. The number of para-hydroxylation sites is 2. The fraction of sp³-hybridized carbons (Fsp3) is 0.357. The Morgan fingerprint density at radius 3 is 3.00 bits per heavy atom. The lowest BCUT2D eigenvalue weighted by atomic mass is 10.3. The van der Waals surface area contributed by atoms with E-state index in [9.17, 15) is 4.79 Å². The maximum absolute atomic E-state index is 12.0. The van der Waals surface area contributed by atoms with Crippen molar-refractivity contribution in [2.24, 2.45) is 0 Å². The standard InChI is InChI=1S/C14H16N4O2/c1-20-13-5-3-2-4-11(13)15-14(19)9-18-8-12(16-17-18)10-6-7-10/h2-5,8,10H,6-7,9H2,1H3,(H,15,19). The molecule has 104 valence electrons. The van der Waals surface area contributed by atoms with Crippen molar-refractivity contribution >= 4 is 11.6 Å². The van der Waals surface area contributed by atoms with Gasteiger partial charge in [0.2, 0.25) is 5.91 Å². The molecule has 1 aliphatic carbocycles. The van der Waals surface area contributed by atoms with E-state index in [-0.39, 0.29) is 12.5 Å². The molecule has 0 atom stereocenters. The van der Waals surface area contributed by atoms with Crippen molar-refractivity contribution in [1.82, 2.24) is 15.0 Å². The first-order valence-electron chi connectivity index (χ1n) is 6.59. The molecule has 2 aromatic rings. The van der Waals surface area contributed by atoms with Crippen LogP contribution in [0.15, 0.2) is 30.5 Å². The van der Waals surface area contributed by atoms with Crippen LogP contribution in [0.4, 0.5) is 5.69 Å². The number of carbonyl (C=O) groups excluding carboxylic acids is 1. The number of ether oxygens (including phenoxy) is 1. The molecule has 1 saturated carbocycles. The van der Waals surface area contributed by atoms with E-state index in [4.69, 9.17) is 4.74 Å². The Labute approximate surface area is 116 Å². The van der Waals surface area contributed by atoms with Crippen LogP contribution >= 0.6 is 0 Å². The first-order chi connectivity index (χ1) is 9.76. The number of hydrogen-bond donors (Lipinski definition) is 1. The predicted molar refractivity (Wildman–Crippen MR) is 73.6 cm³/mol. The van der Waals surface area contributed by atoms with Gasteiger partial charge in [-0.3, -0.25) is 4.79 Å². The van der Waals surface area contributed by atoms with Crippen LogP contribution in [0.3, 0.4) is 0 Å². The summed E-state index contributed by atoms with van der Waals surface area (Å²) in [6.07, 6.45) is 4.19. The van der Waals surface area contributed by atoms with Gasteiger partial charge < -0.3 is 10.1 Å². The molecule has 0 unspecified atom stereocenters. The SMILES string of the molecule is COc1ccccc1NC(=O)Cn1cc(C2CC2)nn1. The zero-order chi connectivity index (χ0) is 13.9. The summed E-state index contributed by atoms with van der Waals surface area (Å²) in [6, 6.07) is 7.30. The predicted octanol–water partition coefficient (Wildman–Crippen LogP) is 1.80. The largest absolute Gasteiger partial charge is 0.495 e. The van der Waals surface area contributed by atoms with Crippen molar-refractivity contribution in [2.45, 2.75) is 25.3 Å². The highest BCUT2D eigenvalue weighted by Crippen LogP contribution is 2.38. The minimum absolute atomic E-state index is 0.151. The van der Waals surface area contributed by atoms with E-state index in [0.29, 0.717) is 17.4 Å². The number of methoxy groups -OCH3 is 1. The molecular formula is C14H16N4O2. The van der Waals surface area contributed by atoms with Crippen LogP contribution in [-0.4, -0.2) is 28.0 Å². The summed E-state index contributed by atoms with van der Waals surface area (Å²) in [5.41, 5.74) is 1.64. The molecule has 6 heteroatoms. The van der Waals surface area contributed by atoms with E-state index in [2.05, 4.69) is 15.6 Å². The fourth-order valence-electron chi connectivity index (χ4n) is 2.04. The van der Waals surface area contributed by atoms with Crippen molar-refractivity contribution in [3.8, 4) is 5.75 Å². The third kappa shape index (κ3) is 2.79. The summed E-state index contributed by atoms with van der Waals surface area (Å²) in [7, 11) is 1.57. The first kappa shape index (κ1) is 12.7. The maximum Gasteiger partial charge on any atom is 0.246 e. The fourth-order valence-corrected chi connectivity index (χ4v) is 2.04. The van der Waals surface area contributed by atoms with Gasteiger partial charge >= 0.3 is 0 Å². The Morgan fingerprint density at radius 2 is 2.25 bits per heavy atom. The van der Waals surface area contributed by atoms with Gasteiger partial charge in [0.25, 0.3) is 0 Å². The quantitative estimate of drug-likeness (QED) is 0.901. The number of hydrogen-bond acceptors (Lipinski definition) is 4. The van der Waals surface area contributed by atoms with Gasteiger partial charge in [0.15, 0.2) is 0 Å². The van der Waals surface area contributed by atoms with Crippen molar-refractivity contribution in [1.29, 1.82) is 0 Å². The molecule has 1 heterocycles. The van der Waals surface area contributed by atoms with Crippen molar-refractivity contribution in [3.63, 3.8) is 0 Å². The lowest BCUT2D eigenvalue weighted by molar-refractivity contribution is -0.116. The second-order valence-electron chi connectivity index (χ2n) is 4.86. The third-order valence-electron chi connectivity index (χ3n) is 3.24. The van der Waals surface area contributed by atoms with E-state index in [1.54, 1.807) is 23.9 Å². The average Bonchev–Trinajstić information content (AvgIpc) is 3.20. The van der Waals surface area contributed by atoms with Gasteiger partial charge in [-0.05, 0) is 25.0 Å². The van der Waals surface area contributed by atoms with Crippen LogP contribution < -0.4 is 10.1 Å². The first-order valence-corrected chi connectivity index (χ1v) is 6.59. The molecule has 3 rings (SSSR count). The number of aromatic nitrogens is 3. The molecule has 1 N–H and O–H groups in total. The van der Waals surface area contributed by atoms with Crippen molar-refractivity contribution in [3.05, 3.63) is 36.2 Å². The number of amides is 1. The number of carbonyl (C=O) groups is 1. The van der Waals surface area contributed by atoms with E-state index in [1.165, 1.54) is 12.8 Å². The molecule has 0 spiro atoms. The molecule has 0 aliphatic heterocycles. The molecule has 1 aliphatic rings. The van der Waals surface area contributed by atoms with Crippen LogP contribution in [0.1, 0.15) is 24.5 Å².